The summed E-state index contributed by atoms with van der Waals surface area (Å²) in [6.45, 7) is 1.95. The zero-order chi connectivity index (χ0) is 12.5. The smallest absolute Gasteiger partial charge is 0.215 e. The lowest BCUT2D eigenvalue weighted by atomic mass is 10.2. The fraction of sp³-hybridized carbons (Fsp3) is 0.455. The standard InChI is InChI=1S/C11H14N6S/c1-7(12)9-3-2-6-13-10(9)18-11-14-15-16-17(11)8-4-5-8/h2-3,6-8H,4-5,12H2,1H3/t7-/m1/s1. The highest BCUT2D eigenvalue weighted by atomic mass is 32.2. The molecule has 1 fully saturated rings. The third-order valence-electron chi connectivity index (χ3n) is 2.83. The molecule has 0 unspecified atom stereocenters. The molecule has 6 nitrogen and oxygen atoms in total. The molecule has 0 spiro atoms. The van der Waals surface area contributed by atoms with E-state index in [1.165, 1.54) is 11.8 Å². The Balaban J connectivity index is 1.89. The van der Waals surface area contributed by atoms with Crippen molar-refractivity contribution in [2.75, 3.05) is 0 Å². The normalized spacial score (nSPS) is 16.8. The highest BCUT2D eigenvalue weighted by Gasteiger charge is 2.28. The number of hydrogen-bond donors (Lipinski definition) is 1. The molecule has 0 aromatic carbocycles. The summed E-state index contributed by atoms with van der Waals surface area (Å²) < 4.78 is 1.88. The summed E-state index contributed by atoms with van der Waals surface area (Å²) in [5.41, 5.74) is 6.96. The van der Waals surface area contributed by atoms with Gasteiger partial charge in [0.1, 0.15) is 5.03 Å². The van der Waals surface area contributed by atoms with Gasteiger partial charge in [0, 0.05) is 17.8 Å². The molecule has 1 saturated carbocycles. The maximum atomic E-state index is 5.94. The lowest BCUT2D eigenvalue weighted by Gasteiger charge is -2.10. The van der Waals surface area contributed by atoms with Crippen LogP contribution in [0.1, 0.15) is 37.4 Å². The average molecular weight is 262 g/mol. The van der Waals surface area contributed by atoms with Crippen molar-refractivity contribution in [1.29, 1.82) is 0 Å². The van der Waals surface area contributed by atoms with Crippen LogP contribution >= 0.6 is 11.8 Å². The lowest BCUT2D eigenvalue weighted by Crippen LogP contribution is -2.07. The van der Waals surface area contributed by atoms with Crippen molar-refractivity contribution in [3.8, 4) is 0 Å². The molecule has 2 N–H and O–H groups in total. The second-order valence-corrected chi connectivity index (χ2v) is 5.38. The summed E-state index contributed by atoms with van der Waals surface area (Å²) in [4.78, 5) is 4.37. The van der Waals surface area contributed by atoms with Crippen LogP contribution in [0.15, 0.2) is 28.5 Å². The monoisotopic (exact) mass is 262 g/mol. The van der Waals surface area contributed by atoms with Crippen LogP contribution in [0.2, 0.25) is 0 Å². The molecule has 0 radical (unpaired) electrons. The highest BCUT2D eigenvalue weighted by Crippen LogP contribution is 2.38. The quantitative estimate of drug-likeness (QED) is 0.900. The van der Waals surface area contributed by atoms with Gasteiger partial charge in [-0.3, -0.25) is 0 Å². The maximum Gasteiger partial charge on any atom is 0.215 e. The molecule has 2 aromatic rings. The number of pyridine rings is 1. The lowest BCUT2D eigenvalue weighted by molar-refractivity contribution is 0.565. The third kappa shape index (κ3) is 2.23. The van der Waals surface area contributed by atoms with Crippen LogP contribution in [0, 0.1) is 0 Å². The van der Waals surface area contributed by atoms with E-state index in [0.717, 1.165) is 28.6 Å². The number of tetrazole rings is 1. The van der Waals surface area contributed by atoms with E-state index in [9.17, 15) is 0 Å². The zero-order valence-corrected chi connectivity index (χ0v) is 10.8. The van der Waals surface area contributed by atoms with E-state index >= 15 is 0 Å². The van der Waals surface area contributed by atoms with Gasteiger partial charge in [-0.25, -0.2) is 9.67 Å². The largest absolute Gasteiger partial charge is 0.324 e. The Bertz CT molecular complexity index is 548. The molecule has 0 bridgehead atoms. The van der Waals surface area contributed by atoms with Crippen LogP contribution < -0.4 is 5.73 Å². The van der Waals surface area contributed by atoms with Crippen molar-refractivity contribution in [1.82, 2.24) is 25.2 Å². The van der Waals surface area contributed by atoms with Crippen molar-refractivity contribution in [2.24, 2.45) is 5.73 Å². The molecule has 94 valence electrons. The first-order valence-electron chi connectivity index (χ1n) is 5.92. The number of rotatable bonds is 4. The Hall–Kier alpha value is -1.47. The Labute approximate surface area is 109 Å². The summed E-state index contributed by atoms with van der Waals surface area (Å²) >= 11 is 1.48. The number of hydrogen-bond acceptors (Lipinski definition) is 6. The first-order valence-corrected chi connectivity index (χ1v) is 6.73. The van der Waals surface area contributed by atoms with Crippen LogP contribution in [0.4, 0.5) is 0 Å². The topological polar surface area (TPSA) is 82.5 Å². The van der Waals surface area contributed by atoms with Gasteiger partial charge in [-0.05, 0) is 48.0 Å². The van der Waals surface area contributed by atoms with Gasteiger partial charge in [-0.2, -0.15) is 0 Å². The van der Waals surface area contributed by atoms with E-state index in [4.69, 9.17) is 5.73 Å². The van der Waals surface area contributed by atoms with E-state index in [2.05, 4.69) is 20.5 Å². The molecule has 1 aliphatic rings. The van der Waals surface area contributed by atoms with Gasteiger partial charge in [0.25, 0.3) is 0 Å². The van der Waals surface area contributed by atoms with Crippen LogP contribution in [0.5, 0.6) is 0 Å². The maximum absolute atomic E-state index is 5.94. The minimum absolute atomic E-state index is 0.0496. The summed E-state index contributed by atoms with van der Waals surface area (Å²) in [5, 5.41) is 13.5. The minimum atomic E-state index is -0.0496. The number of aromatic nitrogens is 5. The van der Waals surface area contributed by atoms with E-state index in [-0.39, 0.29) is 6.04 Å². The SMILES string of the molecule is C[C@@H](N)c1cccnc1Sc1nnnn1C1CC1. The molecule has 18 heavy (non-hydrogen) atoms. The molecule has 3 rings (SSSR count). The molecule has 0 amide bonds. The van der Waals surface area contributed by atoms with Gasteiger partial charge in [-0.1, -0.05) is 6.07 Å². The predicted molar refractivity (Wildman–Crippen MR) is 67.1 cm³/mol. The van der Waals surface area contributed by atoms with Crippen molar-refractivity contribution in [3.05, 3.63) is 23.9 Å². The van der Waals surface area contributed by atoms with Crippen LogP contribution in [-0.2, 0) is 0 Å². The number of nitrogens with two attached hydrogens (primary N) is 1. The summed E-state index contributed by atoms with van der Waals surface area (Å²) in [6.07, 6.45) is 4.07. The van der Waals surface area contributed by atoms with Crippen molar-refractivity contribution >= 4 is 11.8 Å². The summed E-state index contributed by atoms with van der Waals surface area (Å²) in [6, 6.07) is 4.30. The Morgan fingerprint density at radius 1 is 1.50 bits per heavy atom. The van der Waals surface area contributed by atoms with Crippen LogP contribution in [0.3, 0.4) is 0 Å². The first-order chi connectivity index (χ1) is 8.75. The van der Waals surface area contributed by atoms with Gasteiger partial charge in [0.05, 0.1) is 6.04 Å². The molecular formula is C11H14N6S. The Morgan fingerprint density at radius 2 is 2.33 bits per heavy atom. The third-order valence-corrected chi connectivity index (χ3v) is 3.82. The van der Waals surface area contributed by atoms with Crippen molar-refractivity contribution < 1.29 is 0 Å². The highest BCUT2D eigenvalue weighted by molar-refractivity contribution is 7.99. The molecule has 7 heteroatoms. The predicted octanol–water partition coefficient (Wildman–Crippen LogP) is 1.57. The summed E-state index contributed by atoms with van der Waals surface area (Å²) in [5.74, 6) is 0. The molecule has 1 aliphatic carbocycles. The zero-order valence-electron chi connectivity index (χ0n) is 10.0. The van der Waals surface area contributed by atoms with Crippen LogP contribution in [0.25, 0.3) is 0 Å². The van der Waals surface area contributed by atoms with E-state index in [1.807, 2.05) is 23.7 Å². The van der Waals surface area contributed by atoms with Gasteiger partial charge < -0.3 is 5.73 Å². The molecule has 0 saturated heterocycles. The molecular weight excluding hydrogens is 248 g/mol. The second kappa shape index (κ2) is 4.66. The van der Waals surface area contributed by atoms with Crippen molar-refractivity contribution in [3.63, 3.8) is 0 Å². The molecule has 0 aliphatic heterocycles. The van der Waals surface area contributed by atoms with Crippen LogP contribution in [-0.4, -0.2) is 25.2 Å². The van der Waals surface area contributed by atoms with Crippen molar-refractivity contribution in [2.45, 2.75) is 42.0 Å². The molecule has 2 aromatic heterocycles. The van der Waals surface area contributed by atoms with E-state index in [0.29, 0.717) is 6.04 Å². The Kier molecular flexibility index (Phi) is 3.00. The first kappa shape index (κ1) is 11.6. The van der Waals surface area contributed by atoms with Gasteiger partial charge in [0.2, 0.25) is 5.16 Å². The fourth-order valence-corrected chi connectivity index (χ4v) is 2.74. The average Bonchev–Trinajstić information content (AvgIpc) is 3.11. The number of nitrogens with zero attached hydrogens (tertiary/aromatic N) is 5. The minimum Gasteiger partial charge on any atom is -0.324 e. The van der Waals surface area contributed by atoms with E-state index < -0.39 is 0 Å². The van der Waals surface area contributed by atoms with Gasteiger partial charge >= 0.3 is 0 Å². The van der Waals surface area contributed by atoms with Gasteiger partial charge in [0.15, 0.2) is 0 Å². The fourth-order valence-electron chi connectivity index (χ4n) is 1.72. The molecule has 2 heterocycles. The van der Waals surface area contributed by atoms with E-state index in [1.54, 1.807) is 6.20 Å². The molecule has 1 atom stereocenters. The Morgan fingerprint density at radius 3 is 3.06 bits per heavy atom. The van der Waals surface area contributed by atoms with Gasteiger partial charge in [-0.15, -0.1) is 5.10 Å². The second-order valence-electron chi connectivity index (χ2n) is 4.43. The summed E-state index contributed by atoms with van der Waals surface area (Å²) in [7, 11) is 0.